The molecule has 0 nitrogen and oxygen atoms in total. The summed E-state index contributed by atoms with van der Waals surface area (Å²) in [6.45, 7) is 6.36. The average molecular weight is 252 g/mol. The third kappa shape index (κ3) is 5.84. The van der Waals surface area contributed by atoms with Gasteiger partial charge >= 0.3 is 0 Å². The average Bonchev–Trinajstić information content (AvgIpc) is 2.38. The van der Waals surface area contributed by atoms with Gasteiger partial charge in [0.15, 0.2) is 0 Å². The summed E-state index contributed by atoms with van der Waals surface area (Å²) < 4.78 is 13.3. The van der Waals surface area contributed by atoms with Crippen LogP contribution in [0.2, 0.25) is 0 Å². The van der Waals surface area contributed by atoms with Crippen molar-refractivity contribution in [3.63, 3.8) is 0 Å². The molecule has 0 aromatic carbocycles. The molecular formula is C17H29F. The van der Waals surface area contributed by atoms with E-state index < -0.39 is 0 Å². The largest absolute Gasteiger partial charge is 0.212 e. The summed E-state index contributed by atoms with van der Waals surface area (Å²) in [5.74, 6) is 1.82. The van der Waals surface area contributed by atoms with Crippen LogP contribution in [0.15, 0.2) is 23.6 Å². The van der Waals surface area contributed by atoms with Gasteiger partial charge in [0.2, 0.25) is 0 Å². The van der Waals surface area contributed by atoms with Gasteiger partial charge < -0.3 is 0 Å². The van der Waals surface area contributed by atoms with E-state index in [2.05, 4.69) is 19.9 Å². The maximum absolute atomic E-state index is 13.3. The molecule has 0 atom stereocenters. The predicted molar refractivity (Wildman–Crippen MR) is 78.2 cm³/mol. The number of allylic oxidation sites excluding steroid dienone is 4. The van der Waals surface area contributed by atoms with E-state index in [0.29, 0.717) is 6.42 Å². The Labute approximate surface area is 112 Å². The van der Waals surface area contributed by atoms with E-state index in [9.17, 15) is 4.39 Å². The van der Waals surface area contributed by atoms with E-state index in [-0.39, 0.29) is 5.83 Å². The van der Waals surface area contributed by atoms with E-state index in [1.165, 1.54) is 37.7 Å². The first-order valence-electron chi connectivity index (χ1n) is 7.70. The summed E-state index contributed by atoms with van der Waals surface area (Å²) in [7, 11) is 0. The molecule has 0 aromatic heterocycles. The van der Waals surface area contributed by atoms with Gasteiger partial charge in [-0.15, -0.1) is 0 Å². The van der Waals surface area contributed by atoms with Crippen LogP contribution in [0.25, 0.3) is 0 Å². The standard InChI is InChI=1S/C17H29F/c1-4-6-16(13-17(18)5-2)12-11-15-9-7-14(3)8-10-15/h6,13-15H,4-5,7-12H2,1-3H3/b16-6-,17-13+. The minimum atomic E-state index is 0.0203. The highest BCUT2D eigenvalue weighted by Gasteiger charge is 2.17. The monoisotopic (exact) mass is 252 g/mol. The Balaban J connectivity index is 2.41. The van der Waals surface area contributed by atoms with Crippen LogP contribution in [0.3, 0.4) is 0 Å². The van der Waals surface area contributed by atoms with Crippen LogP contribution in [-0.4, -0.2) is 0 Å². The molecule has 18 heavy (non-hydrogen) atoms. The first-order valence-corrected chi connectivity index (χ1v) is 7.70. The highest BCUT2D eigenvalue weighted by atomic mass is 19.1. The van der Waals surface area contributed by atoms with Crippen LogP contribution in [0.4, 0.5) is 4.39 Å². The zero-order valence-electron chi connectivity index (χ0n) is 12.3. The van der Waals surface area contributed by atoms with E-state index >= 15 is 0 Å². The molecule has 0 aliphatic heterocycles. The number of hydrogen-bond acceptors (Lipinski definition) is 0. The van der Waals surface area contributed by atoms with Crippen molar-refractivity contribution in [1.82, 2.24) is 0 Å². The molecule has 1 aliphatic carbocycles. The van der Waals surface area contributed by atoms with Gasteiger partial charge in [-0.3, -0.25) is 0 Å². The molecule has 1 aliphatic rings. The van der Waals surface area contributed by atoms with Gasteiger partial charge in [0.1, 0.15) is 0 Å². The third-order valence-electron chi connectivity index (χ3n) is 4.12. The molecule has 0 amide bonds. The molecule has 0 bridgehead atoms. The molecule has 0 spiro atoms. The smallest absolute Gasteiger partial charge is 0.0999 e. The van der Waals surface area contributed by atoms with E-state index in [4.69, 9.17) is 0 Å². The molecule has 1 saturated carbocycles. The fourth-order valence-corrected chi connectivity index (χ4v) is 2.79. The Morgan fingerprint density at radius 1 is 1.17 bits per heavy atom. The normalized spacial score (nSPS) is 26.4. The van der Waals surface area contributed by atoms with Crippen LogP contribution >= 0.6 is 0 Å². The van der Waals surface area contributed by atoms with Gasteiger partial charge in [0, 0.05) is 0 Å². The molecule has 1 fully saturated rings. The second-order valence-electron chi connectivity index (χ2n) is 5.80. The molecule has 0 radical (unpaired) electrons. The molecule has 1 heteroatoms. The molecule has 0 aromatic rings. The van der Waals surface area contributed by atoms with Crippen LogP contribution in [-0.2, 0) is 0 Å². The molecule has 0 unspecified atom stereocenters. The van der Waals surface area contributed by atoms with Crippen LogP contribution in [0.5, 0.6) is 0 Å². The van der Waals surface area contributed by atoms with E-state index in [0.717, 1.165) is 24.7 Å². The molecular weight excluding hydrogens is 223 g/mol. The lowest BCUT2D eigenvalue weighted by Crippen LogP contribution is -2.12. The predicted octanol–water partition coefficient (Wildman–Crippen LogP) is 6.19. The van der Waals surface area contributed by atoms with Gasteiger partial charge in [-0.25, -0.2) is 4.39 Å². The maximum atomic E-state index is 13.3. The first-order chi connectivity index (χ1) is 8.65. The van der Waals surface area contributed by atoms with Crippen LogP contribution < -0.4 is 0 Å². The Bertz CT molecular complexity index is 280. The second-order valence-corrected chi connectivity index (χ2v) is 5.80. The van der Waals surface area contributed by atoms with Crippen molar-refractivity contribution in [1.29, 1.82) is 0 Å². The molecule has 0 saturated heterocycles. The van der Waals surface area contributed by atoms with E-state index in [1.54, 1.807) is 6.08 Å². The van der Waals surface area contributed by atoms with Crippen molar-refractivity contribution >= 4 is 0 Å². The van der Waals surface area contributed by atoms with Crippen molar-refractivity contribution in [2.75, 3.05) is 0 Å². The molecule has 0 N–H and O–H groups in total. The summed E-state index contributed by atoms with van der Waals surface area (Å²) in [4.78, 5) is 0. The van der Waals surface area contributed by atoms with Crippen molar-refractivity contribution in [3.05, 3.63) is 23.6 Å². The quantitative estimate of drug-likeness (QED) is 0.494. The zero-order chi connectivity index (χ0) is 13.4. The number of hydrogen-bond donors (Lipinski definition) is 0. The Hall–Kier alpha value is -0.590. The SMILES string of the molecule is CC/C=C(\C=C(\F)CC)CCC1CCC(C)CC1. The summed E-state index contributed by atoms with van der Waals surface area (Å²) >= 11 is 0. The number of rotatable bonds is 6. The molecule has 104 valence electrons. The minimum absolute atomic E-state index is 0.0203. The lowest BCUT2D eigenvalue weighted by Gasteiger charge is -2.26. The van der Waals surface area contributed by atoms with Gasteiger partial charge in [-0.2, -0.15) is 0 Å². The van der Waals surface area contributed by atoms with Gasteiger partial charge in [0.05, 0.1) is 5.83 Å². The first kappa shape index (κ1) is 15.5. The molecule has 1 rings (SSSR count). The van der Waals surface area contributed by atoms with Crippen LogP contribution in [0.1, 0.15) is 72.1 Å². The highest BCUT2D eigenvalue weighted by molar-refractivity contribution is 5.20. The van der Waals surface area contributed by atoms with Gasteiger partial charge in [-0.05, 0) is 49.2 Å². The molecule has 0 heterocycles. The van der Waals surface area contributed by atoms with Gasteiger partial charge in [-0.1, -0.05) is 52.5 Å². The van der Waals surface area contributed by atoms with Crippen molar-refractivity contribution in [2.45, 2.75) is 72.1 Å². The van der Waals surface area contributed by atoms with Crippen molar-refractivity contribution in [2.24, 2.45) is 11.8 Å². The minimum Gasteiger partial charge on any atom is -0.212 e. The fourth-order valence-electron chi connectivity index (χ4n) is 2.79. The summed E-state index contributed by atoms with van der Waals surface area (Å²) in [5, 5.41) is 0. The summed E-state index contributed by atoms with van der Waals surface area (Å²) in [6.07, 6.45) is 13.3. The topological polar surface area (TPSA) is 0 Å². The Morgan fingerprint density at radius 2 is 1.83 bits per heavy atom. The van der Waals surface area contributed by atoms with Crippen molar-refractivity contribution in [3.8, 4) is 0 Å². The van der Waals surface area contributed by atoms with Crippen LogP contribution in [0, 0.1) is 11.8 Å². The van der Waals surface area contributed by atoms with Crippen molar-refractivity contribution < 1.29 is 4.39 Å². The Kier molecular flexibility index (Phi) is 7.31. The summed E-state index contributed by atoms with van der Waals surface area (Å²) in [6, 6.07) is 0. The highest BCUT2D eigenvalue weighted by Crippen LogP contribution is 2.32. The second kappa shape index (κ2) is 8.50. The number of halogens is 1. The summed E-state index contributed by atoms with van der Waals surface area (Å²) in [5.41, 5.74) is 1.20. The zero-order valence-corrected chi connectivity index (χ0v) is 12.3. The lowest BCUT2D eigenvalue weighted by molar-refractivity contribution is 0.278. The van der Waals surface area contributed by atoms with Gasteiger partial charge in [0.25, 0.3) is 0 Å². The maximum Gasteiger partial charge on any atom is 0.0999 e. The lowest BCUT2D eigenvalue weighted by atomic mass is 9.80. The fraction of sp³-hybridized carbons (Fsp3) is 0.765. The Morgan fingerprint density at radius 3 is 2.39 bits per heavy atom. The third-order valence-corrected chi connectivity index (χ3v) is 4.12. The van der Waals surface area contributed by atoms with E-state index in [1.807, 2.05) is 6.92 Å².